The summed E-state index contributed by atoms with van der Waals surface area (Å²) in [5.74, 6) is -0.0148. The van der Waals surface area contributed by atoms with E-state index in [0.717, 1.165) is 44.9 Å². The van der Waals surface area contributed by atoms with Gasteiger partial charge in [0.25, 0.3) is 0 Å². The summed E-state index contributed by atoms with van der Waals surface area (Å²) in [4.78, 5) is 24.5. The average Bonchev–Trinajstić information content (AvgIpc) is 3.39. The molecule has 0 aromatic rings. The van der Waals surface area contributed by atoms with Crippen LogP contribution in [-0.4, -0.2) is 47.4 Å². The Balaban J connectivity index is 3.29. The fourth-order valence-corrected chi connectivity index (χ4v) is 10.7. The highest BCUT2D eigenvalue weighted by Gasteiger charge is 2.20. The zero-order valence-corrected chi connectivity index (χ0v) is 49.6. The van der Waals surface area contributed by atoms with Gasteiger partial charge in [-0.05, 0) is 51.4 Å². The number of hydrogen-bond acceptors (Lipinski definition) is 5. The number of esters is 1. The number of aliphatic hydroxyl groups is 2. The van der Waals surface area contributed by atoms with Gasteiger partial charge in [-0.3, -0.25) is 9.59 Å². The highest BCUT2D eigenvalue weighted by Crippen LogP contribution is 2.19. The van der Waals surface area contributed by atoms with E-state index < -0.39 is 12.1 Å². The van der Waals surface area contributed by atoms with E-state index in [0.29, 0.717) is 25.9 Å². The second-order valence-corrected chi connectivity index (χ2v) is 23.2. The Labute approximate surface area is 457 Å². The van der Waals surface area contributed by atoms with E-state index in [2.05, 4.69) is 31.3 Å². The summed E-state index contributed by atoms with van der Waals surface area (Å²) in [5.41, 5.74) is 0. The maximum absolute atomic E-state index is 12.4. The molecule has 0 bridgehead atoms. The highest BCUT2D eigenvalue weighted by molar-refractivity contribution is 5.76. The van der Waals surface area contributed by atoms with E-state index >= 15 is 0 Å². The maximum Gasteiger partial charge on any atom is 0.305 e. The number of unbranched alkanes of at least 4 members (excludes halogenated alkanes) is 50. The van der Waals surface area contributed by atoms with Crippen LogP contribution in [0.1, 0.15) is 380 Å². The molecule has 0 aliphatic heterocycles. The first-order valence-electron chi connectivity index (χ1n) is 33.4. The lowest BCUT2D eigenvalue weighted by molar-refractivity contribution is -0.143. The SMILES string of the molecule is CCCCCCCCC/C=C\CCCCCCCCCC(=O)OCCCCCCCCCCCCCCCCCCCCCCCCCCCCCCCC(=O)NC(CO)C(O)CCCCCCCCCCC. The first-order valence-corrected chi connectivity index (χ1v) is 33.4. The van der Waals surface area contributed by atoms with Crippen molar-refractivity contribution in [3.05, 3.63) is 12.2 Å². The minimum atomic E-state index is -0.658. The number of allylic oxidation sites excluding steroid dienone is 2. The molecular formula is C67H131NO5. The molecule has 0 aromatic carbocycles. The van der Waals surface area contributed by atoms with Crippen LogP contribution < -0.4 is 5.32 Å². The molecule has 6 heteroatoms. The van der Waals surface area contributed by atoms with Gasteiger partial charge in [0.2, 0.25) is 5.91 Å². The zero-order chi connectivity index (χ0) is 52.9. The number of rotatable bonds is 63. The molecular weight excluding hydrogens is 899 g/mol. The van der Waals surface area contributed by atoms with Gasteiger partial charge in [-0.15, -0.1) is 0 Å². The van der Waals surface area contributed by atoms with Crippen LogP contribution in [0.25, 0.3) is 0 Å². The van der Waals surface area contributed by atoms with Crippen LogP contribution >= 0.6 is 0 Å². The molecule has 434 valence electrons. The topological polar surface area (TPSA) is 95.9 Å². The fourth-order valence-electron chi connectivity index (χ4n) is 10.7. The molecule has 0 aromatic heterocycles. The predicted octanol–water partition coefficient (Wildman–Crippen LogP) is 21.2. The third-order valence-corrected chi connectivity index (χ3v) is 15.8. The number of nitrogens with one attached hydrogen (secondary N) is 1. The van der Waals surface area contributed by atoms with Gasteiger partial charge in [-0.2, -0.15) is 0 Å². The van der Waals surface area contributed by atoms with Crippen LogP contribution in [0.15, 0.2) is 12.2 Å². The molecule has 2 atom stereocenters. The molecule has 0 saturated heterocycles. The molecule has 0 aliphatic rings. The van der Waals surface area contributed by atoms with Gasteiger partial charge in [0, 0.05) is 12.8 Å². The van der Waals surface area contributed by atoms with Crippen molar-refractivity contribution in [1.82, 2.24) is 5.32 Å². The third-order valence-electron chi connectivity index (χ3n) is 15.8. The summed E-state index contributed by atoms with van der Waals surface area (Å²) in [6.45, 7) is 4.96. The smallest absolute Gasteiger partial charge is 0.305 e. The van der Waals surface area contributed by atoms with Crippen LogP contribution in [-0.2, 0) is 14.3 Å². The van der Waals surface area contributed by atoms with Crippen LogP contribution in [0, 0.1) is 0 Å². The van der Waals surface area contributed by atoms with E-state index in [9.17, 15) is 19.8 Å². The van der Waals surface area contributed by atoms with Crippen LogP contribution in [0.3, 0.4) is 0 Å². The number of hydrogen-bond donors (Lipinski definition) is 3. The molecule has 3 N–H and O–H groups in total. The first kappa shape index (κ1) is 71.6. The van der Waals surface area contributed by atoms with Gasteiger partial charge >= 0.3 is 5.97 Å². The first-order chi connectivity index (χ1) is 36.0. The normalized spacial score (nSPS) is 12.5. The van der Waals surface area contributed by atoms with E-state index in [1.54, 1.807) is 0 Å². The number of amides is 1. The fraction of sp³-hybridized carbons (Fsp3) is 0.940. The Morgan fingerprint density at radius 2 is 0.644 bits per heavy atom. The average molecular weight is 1030 g/mol. The van der Waals surface area contributed by atoms with Crippen molar-refractivity contribution in [3.8, 4) is 0 Å². The molecule has 6 nitrogen and oxygen atoms in total. The van der Waals surface area contributed by atoms with Crippen molar-refractivity contribution in [1.29, 1.82) is 0 Å². The molecule has 0 radical (unpaired) electrons. The second-order valence-electron chi connectivity index (χ2n) is 23.2. The Bertz CT molecular complexity index is 1100. The summed E-state index contributed by atoms with van der Waals surface area (Å²) in [6.07, 6.45) is 76.9. The van der Waals surface area contributed by atoms with E-state index in [1.165, 1.54) is 302 Å². The molecule has 0 saturated carbocycles. The third kappa shape index (κ3) is 59.7. The summed E-state index contributed by atoms with van der Waals surface area (Å²) >= 11 is 0. The minimum Gasteiger partial charge on any atom is -0.466 e. The van der Waals surface area contributed by atoms with Gasteiger partial charge < -0.3 is 20.3 Å². The molecule has 73 heavy (non-hydrogen) atoms. The molecule has 0 rings (SSSR count). The predicted molar refractivity (Wildman–Crippen MR) is 320 cm³/mol. The second kappa shape index (κ2) is 63.1. The zero-order valence-electron chi connectivity index (χ0n) is 49.6. The lowest BCUT2D eigenvalue weighted by Crippen LogP contribution is -2.45. The Hall–Kier alpha value is -1.40. The van der Waals surface area contributed by atoms with Gasteiger partial charge in [-0.25, -0.2) is 0 Å². The summed E-state index contributed by atoms with van der Waals surface area (Å²) in [6, 6.07) is -0.536. The van der Waals surface area contributed by atoms with E-state index in [-0.39, 0.29) is 18.5 Å². The summed E-state index contributed by atoms with van der Waals surface area (Å²) in [5, 5.41) is 23.1. The number of carbonyl (C=O) groups is 2. The molecule has 0 heterocycles. The molecule has 0 aliphatic carbocycles. The van der Waals surface area contributed by atoms with Crippen molar-refractivity contribution < 1.29 is 24.5 Å². The number of carbonyl (C=O) groups excluding carboxylic acids is 2. The lowest BCUT2D eigenvalue weighted by atomic mass is 10.0. The standard InChI is InChI=1S/C67H131NO5/c1-3-5-7-9-11-13-14-15-16-17-32-35-38-41-45-49-53-57-61-67(72)73-62-58-54-50-46-42-39-36-33-30-28-26-24-22-20-18-19-21-23-25-27-29-31-34-37-40-44-48-52-56-60-66(71)68-64(63-69)65(70)59-55-51-47-43-12-10-8-6-4-2/h16-17,64-65,69-70H,3-15,18-63H2,1-2H3,(H,68,71)/b17-16-. The van der Waals surface area contributed by atoms with Crippen molar-refractivity contribution in [2.45, 2.75) is 392 Å². The van der Waals surface area contributed by atoms with Crippen molar-refractivity contribution >= 4 is 11.9 Å². The van der Waals surface area contributed by atoms with Crippen molar-refractivity contribution in [2.24, 2.45) is 0 Å². The monoisotopic (exact) mass is 1030 g/mol. The lowest BCUT2D eigenvalue weighted by Gasteiger charge is -2.22. The summed E-state index contributed by atoms with van der Waals surface area (Å²) in [7, 11) is 0. The Morgan fingerprint density at radius 1 is 0.370 bits per heavy atom. The molecule has 0 fully saturated rings. The van der Waals surface area contributed by atoms with E-state index in [1.807, 2.05) is 0 Å². The quantitative estimate of drug-likeness (QED) is 0.0320. The van der Waals surface area contributed by atoms with Crippen LogP contribution in [0.5, 0.6) is 0 Å². The van der Waals surface area contributed by atoms with Gasteiger partial charge in [-0.1, -0.05) is 328 Å². The largest absolute Gasteiger partial charge is 0.466 e. The van der Waals surface area contributed by atoms with Crippen molar-refractivity contribution in [2.75, 3.05) is 13.2 Å². The highest BCUT2D eigenvalue weighted by atomic mass is 16.5. The Kier molecular flexibility index (Phi) is 61.9. The van der Waals surface area contributed by atoms with Crippen molar-refractivity contribution in [3.63, 3.8) is 0 Å². The van der Waals surface area contributed by atoms with Gasteiger partial charge in [0.05, 0.1) is 25.4 Å². The molecule has 0 spiro atoms. The van der Waals surface area contributed by atoms with Crippen LogP contribution in [0.2, 0.25) is 0 Å². The minimum absolute atomic E-state index is 0.0172. The number of ether oxygens (including phenoxy) is 1. The molecule has 1 amide bonds. The van der Waals surface area contributed by atoms with Gasteiger partial charge in [0.15, 0.2) is 0 Å². The van der Waals surface area contributed by atoms with Gasteiger partial charge in [0.1, 0.15) is 0 Å². The van der Waals surface area contributed by atoms with E-state index in [4.69, 9.17) is 4.74 Å². The molecule has 2 unspecified atom stereocenters. The summed E-state index contributed by atoms with van der Waals surface area (Å²) < 4.78 is 5.50. The number of aliphatic hydroxyl groups excluding tert-OH is 2. The van der Waals surface area contributed by atoms with Crippen LogP contribution in [0.4, 0.5) is 0 Å². The maximum atomic E-state index is 12.4. The Morgan fingerprint density at radius 3 is 0.973 bits per heavy atom.